The summed E-state index contributed by atoms with van der Waals surface area (Å²) in [7, 11) is 0. The van der Waals surface area contributed by atoms with Gasteiger partial charge in [-0.15, -0.1) is 0 Å². The summed E-state index contributed by atoms with van der Waals surface area (Å²) in [6.07, 6.45) is 1.03. The molecule has 0 amide bonds. The van der Waals surface area contributed by atoms with Crippen molar-refractivity contribution in [3.63, 3.8) is 0 Å². The van der Waals surface area contributed by atoms with E-state index in [1.165, 1.54) is 34.1 Å². The molecule has 4 heterocycles. The number of anilines is 2. The van der Waals surface area contributed by atoms with Crippen LogP contribution in [-0.2, 0) is 24.2 Å². The van der Waals surface area contributed by atoms with Crippen molar-refractivity contribution in [2.75, 3.05) is 67.2 Å². The summed E-state index contributed by atoms with van der Waals surface area (Å²) in [6, 6.07) is 10.8. The van der Waals surface area contributed by atoms with Crippen LogP contribution in [-0.4, -0.2) is 72.3 Å². The first-order valence-corrected chi connectivity index (χ1v) is 11.8. The molecule has 0 atom stereocenters. The Bertz CT molecular complexity index is 821. The predicted octanol–water partition coefficient (Wildman–Crippen LogP) is 2.42. The minimum Gasteiger partial charge on any atom is -0.378 e. The van der Waals surface area contributed by atoms with Gasteiger partial charge in [0.2, 0.25) is 5.95 Å². The Balaban J connectivity index is 1.44. The minimum absolute atomic E-state index is 0.760. The summed E-state index contributed by atoms with van der Waals surface area (Å²) in [5.74, 6) is 4.45. The number of aromatic nitrogens is 2. The van der Waals surface area contributed by atoms with Crippen molar-refractivity contribution in [1.29, 1.82) is 0 Å². The molecule has 2 fully saturated rings. The van der Waals surface area contributed by atoms with E-state index in [1.807, 2.05) is 11.8 Å². The van der Waals surface area contributed by atoms with Gasteiger partial charge in [-0.2, -0.15) is 16.7 Å². The zero-order valence-corrected chi connectivity index (χ0v) is 17.7. The van der Waals surface area contributed by atoms with E-state index in [1.54, 1.807) is 0 Å². The Morgan fingerprint density at radius 2 is 1.69 bits per heavy atom. The van der Waals surface area contributed by atoms with Gasteiger partial charge in [0.25, 0.3) is 0 Å². The second kappa shape index (κ2) is 8.90. The number of thioether (sulfide) groups is 1. The second-order valence-corrected chi connectivity index (χ2v) is 9.14. The summed E-state index contributed by atoms with van der Waals surface area (Å²) in [6.45, 7) is 8.40. The Kier molecular flexibility index (Phi) is 5.88. The Morgan fingerprint density at radius 3 is 2.48 bits per heavy atom. The van der Waals surface area contributed by atoms with Crippen LogP contribution in [0.2, 0.25) is 0 Å². The first kappa shape index (κ1) is 19.2. The maximum absolute atomic E-state index is 5.55. The van der Waals surface area contributed by atoms with Gasteiger partial charge in [-0.1, -0.05) is 30.3 Å². The van der Waals surface area contributed by atoms with Crippen LogP contribution < -0.4 is 9.80 Å². The van der Waals surface area contributed by atoms with E-state index in [9.17, 15) is 0 Å². The van der Waals surface area contributed by atoms with E-state index in [2.05, 4.69) is 45.0 Å². The van der Waals surface area contributed by atoms with Gasteiger partial charge in [0.15, 0.2) is 0 Å². The van der Waals surface area contributed by atoms with Gasteiger partial charge in [-0.05, 0) is 12.0 Å². The number of morpholine rings is 1. The monoisotopic (exact) mass is 411 g/mol. The van der Waals surface area contributed by atoms with Crippen LogP contribution in [0.15, 0.2) is 30.3 Å². The highest BCUT2D eigenvalue weighted by Crippen LogP contribution is 2.31. The molecule has 2 aromatic rings. The normalized spacial score (nSPS) is 20.6. The van der Waals surface area contributed by atoms with Crippen molar-refractivity contribution >= 4 is 23.5 Å². The molecule has 0 aliphatic carbocycles. The Morgan fingerprint density at radius 1 is 0.897 bits per heavy atom. The number of fused-ring (bicyclic) bond motifs is 1. The van der Waals surface area contributed by atoms with Crippen molar-refractivity contribution in [2.24, 2.45) is 0 Å². The molecule has 5 rings (SSSR count). The standard InChI is InChI=1S/C22H29N5OS/c1-2-4-18(5-3-1)16-25-7-6-19-20(17-25)23-22(27-8-12-28-13-9-27)24-21(19)26-10-14-29-15-11-26/h1-5H,6-17H2. The number of ether oxygens (including phenoxy) is 1. The van der Waals surface area contributed by atoms with Crippen molar-refractivity contribution in [3.8, 4) is 0 Å². The summed E-state index contributed by atoms with van der Waals surface area (Å²) in [5.41, 5.74) is 3.96. The molecular weight excluding hydrogens is 382 g/mol. The molecule has 154 valence electrons. The molecule has 0 spiro atoms. The van der Waals surface area contributed by atoms with Crippen molar-refractivity contribution in [1.82, 2.24) is 14.9 Å². The largest absolute Gasteiger partial charge is 0.378 e. The number of benzene rings is 1. The molecule has 0 saturated carbocycles. The fraction of sp³-hybridized carbons (Fsp3) is 0.545. The fourth-order valence-corrected chi connectivity index (χ4v) is 5.27. The number of rotatable bonds is 4. The summed E-state index contributed by atoms with van der Waals surface area (Å²) < 4.78 is 5.55. The van der Waals surface area contributed by atoms with Gasteiger partial charge in [-0.3, -0.25) is 4.90 Å². The molecule has 29 heavy (non-hydrogen) atoms. The highest BCUT2D eigenvalue weighted by atomic mass is 32.2. The average molecular weight is 412 g/mol. The van der Waals surface area contributed by atoms with E-state index in [4.69, 9.17) is 14.7 Å². The molecule has 3 aliphatic heterocycles. The van der Waals surface area contributed by atoms with E-state index in [0.29, 0.717) is 0 Å². The fourth-order valence-electron chi connectivity index (χ4n) is 4.37. The highest BCUT2D eigenvalue weighted by Gasteiger charge is 2.27. The first-order valence-electron chi connectivity index (χ1n) is 10.7. The van der Waals surface area contributed by atoms with E-state index < -0.39 is 0 Å². The van der Waals surface area contributed by atoms with E-state index >= 15 is 0 Å². The number of nitrogens with zero attached hydrogens (tertiary/aromatic N) is 5. The lowest BCUT2D eigenvalue weighted by Crippen LogP contribution is -2.40. The molecular formula is C22H29N5OS. The van der Waals surface area contributed by atoms with Gasteiger partial charge in [0.1, 0.15) is 5.82 Å². The SMILES string of the molecule is c1ccc(CN2CCc3c(nc(N4CCOCC4)nc3N3CCSCC3)C2)cc1. The van der Waals surface area contributed by atoms with Crippen molar-refractivity contribution in [3.05, 3.63) is 47.2 Å². The molecule has 1 aromatic carbocycles. The predicted molar refractivity (Wildman–Crippen MR) is 119 cm³/mol. The molecule has 2 saturated heterocycles. The molecule has 0 radical (unpaired) electrons. The third-order valence-electron chi connectivity index (χ3n) is 5.96. The maximum Gasteiger partial charge on any atom is 0.227 e. The molecule has 7 heteroatoms. The van der Waals surface area contributed by atoms with Crippen LogP contribution in [0.3, 0.4) is 0 Å². The maximum atomic E-state index is 5.55. The summed E-state index contributed by atoms with van der Waals surface area (Å²) in [5, 5.41) is 0. The lowest BCUT2D eigenvalue weighted by atomic mass is 10.0. The lowest BCUT2D eigenvalue weighted by Gasteiger charge is -2.35. The first-order chi connectivity index (χ1) is 14.4. The third-order valence-corrected chi connectivity index (χ3v) is 6.91. The average Bonchev–Trinajstić information content (AvgIpc) is 2.80. The minimum atomic E-state index is 0.760. The second-order valence-electron chi connectivity index (χ2n) is 7.92. The molecule has 3 aliphatic rings. The quantitative estimate of drug-likeness (QED) is 0.766. The van der Waals surface area contributed by atoms with Gasteiger partial charge >= 0.3 is 0 Å². The van der Waals surface area contributed by atoms with Crippen LogP contribution in [0.25, 0.3) is 0 Å². The Hall–Kier alpha value is -1.83. The topological polar surface area (TPSA) is 44.7 Å². The summed E-state index contributed by atoms with van der Waals surface area (Å²) in [4.78, 5) is 17.5. The third kappa shape index (κ3) is 4.37. The van der Waals surface area contributed by atoms with E-state index in [0.717, 1.165) is 71.4 Å². The highest BCUT2D eigenvalue weighted by molar-refractivity contribution is 7.99. The lowest BCUT2D eigenvalue weighted by molar-refractivity contribution is 0.122. The van der Waals surface area contributed by atoms with Gasteiger partial charge in [0, 0.05) is 62.9 Å². The van der Waals surface area contributed by atoms with Gasteiger partial charge in [-0.25, -0.2) is 4.98 Å². The smallest absolute Gasteiger partial charge is 0.227 e. The zero-order valence-electron chi connectivity index (χ0n) is 16.9. The van der Waals surface area contributed by atoms with Gasteiger partial charge < -0.3 is 14.5 Å². The summed E-state index contributed by atoms with van der Waals surface area (Å²) >= 11 is 2.04. The van der Waals surface area contributed by atoms with Crippen LogP contribution in [0.1, 0.15) is 16.8 Å². The number of hydrogen-bond donors (Lipinski definition) is 0. The zero-order chi connectivity index (χ0) is 19.5. The molecule has 0 N–H and O–H groups in total. The molecule has 6 nitrogen and oxygen atoms in total. The van der Waals surface area contributed by atoms with Gasteiger partial charge in [0.05, 0.1) is 18.9 Å². The number of hydrogen-bond acceptors (Lipinski definition) is 7. The van der Waals surface area contributed by atoms with Crippen LogP contribution in [0.5, 0.6) is 0 Å². The molecule has 0 bridgehead atoms. The molecule has 1 aromatic heterocycles. The molecule has 0 unspecified atom stereocenters. The van der Waals surface area contributed by atoms with E-state index in [-0.39, 0.29) is 0 Å². The van der Waals surface area contributed by atoms with Crippen molar-refractivity contribution in [2.45, 2.75) is 19.5 Å². The van der Waals surface area contributed by atoms with Crippen LogP contribution in [0, 0.1) is 0 Å². The van der Waals surface area contributed by atoms with Crippen LogP contribution in [0.4, 0.5) is 11.8 Å². The van der Waals surface area contributed by atoms with Crippen LogP contribution >= 0.6 is 11.8 Å². The van der Waals surface area contributed by atoms with Crippen molar-refractivity contribution < 1.29 is 4.74 Å². The Labute approximate surface area is 177 Å².